The van der Waals surface area contributed by atoms with Gasteiger partial charge in [-0.05, 0) is 12.3 Å². The molecule has 0 spiro atoms. The Hall–Kier alpha value is -1.63. The van der Waals surface area contributed by atoms with Gasteiger partial charge in [-0.15, -0.1) is 0 Å². The summed E-state index contributed by atoms with van der Waals surface area (Å²) in [6.07, 6.45) is 0.559. The van der Waals surface area contributed by atoms with Crippen LogP contribution in [0.1, 0.15) is 20.3 Å². The molecule has 7 nitrogen and oxygen atoms in total. The zero-order valence-electron chi connectivity index (χ0n) is 9.21. The van der Waals surface area contributed by atoms with Crippen LogP contribution < -0.4 is 5.43 Å². The van der Waals surface area contributed by atoms with Gasteiger partial charge in [-0.1, -0.05) is 13.8 Å². The van der Waals surface area contributed by atoms with Crippen LogP contribution in [0, 0.1) is 5.92 Å². The molecule has 0 saturated heterocycles. The molecule has 0 radical (unpaired) electrons. The smallest absolute Gasteiger partial charge is 0.324 e. The highest BCUT2D eigenvalue weighted by atomic mass is 16.4. The molecule has 0 heterocycles. The number of amides is 1. The zero-order chi connectivity index (χ0) is 12.7. The summed E-state index contributed by atoms with van der Waals surface area (Å²) in [7, 11) is 0. The lowest BCUT2D eigenvalue weighted by Gasteiger charge is -2.22. The largest absolute Gasteiger partial charge is 0.480 e. The van der Waals surface area contributed by atoms with Gasteiger partial charge in [0.15, 0.2) is 0 Å². The van der Waals surface area contributed by atoms with E-state index in [1.165, 1.54) is 0 Å². The Morgan fingerprint density at radius 3 is 2.25 bits per heavy atom. The van der Waals surface area contributed by atoms with Gasteiger partial charge in [-0.25, -0.2) is 5.43 Å². The summed E-state index contributed by atoms with van der Waals surface area (Å²) in [6.45, 7) is 3.09. The van der Waals surface area contributed by atoms with Crippen LogP contribution in [0.15, 0.2) is 0 Å². The molecule has 0 aromatic rings. The standard InChI is InChI=1S/C9H16N2O5/c1-6(2)3-7(9(15)16)10-11(5-12)4-8(13)14/h5-7,10H,3-4H2,1-2H3,(H,13,14)(H,15,16)/t7-/m0/s1. The van der Waals surface area contributed by atoms with Crippen LogP contribution in [0.25, 0.3) is 0 Å². The summed E-state index contributed by atoms with van der Waals surface area (Å²) in [5.41, 5.74) is 2.35. The number of carbonyl (C=O) groups is 3. The number of aliphatic carboxylic acids is 2. The quantitative estimate of drug-likeness (QED) is 0.386. The van der Waals surface area contributed by atoms with E-state index >= 15 is 0 Å². The predicted octanol–water partition coefficient (Wildman–Crippen LogP) is -0.467. The Morgan fingerprint density at radius 2 is 1.94 bits per heavy atom. The van der Waals surface area contributed by atoms with Crippen molar-refractivity contribution in [2.45, 2.75) is 26.3 Å². The summed E-state index contributed by atoms with van der Waals surface area (Å²) in [5.74, 6) is -2.22. The van der Waals surface area contributed by atoms with Gasteiger partial charge >= 0.3 is 11.9 Å². The summed E-state index contributed by atoms with van der Waals surface area (Å²) in [4.78, 5) is 31.7. The molecule has 0 rings (SSSR count). The second-order valence-electron chi connectivity index (χ2n) is 3.78. The molecule has 0 saturated carbocycles. The Morgan fingerprint density at radius 1 is 1.38 bits per heavy atom. The lowest BCUT2D eigenvalue weighted by Crippen LogP contribution is -2.50. The van der Waals surface area contributed by atoms with Crippen molar-refractivity contribution in [2.24, 2.45) is 5.92 Å². The third-order valence-corrected chi connectivity index (χ3v) is 1.76. The van der Waals surface area contributed by atoms with Crippen molar-refractivity contribution in [3.63, 3.8) is 0 Å². The van der Waals surface area contributed by atoms with Crippen molar-refractivity contribution in [1.29, 1.82) is 0 Å². The van der Waals surface area contributed by atoms with E-state index in [2.05, 4.69) is 5.43 Å². The molecule has 0 aliphatic heterocycles. The van der Waals surface area contributed by atoms with Gasteiger partial charge in [0.2, 0.25) is 6.41 Å². The number of carboxylic acids is 2. The fraction of sp³-hybridized carbons (Fsp3) is 0.667. The van der Waals surface area contributed by atoms with Crippen LogP contribution in [0.5, 0.6) is 0 Å². The van der Waals surface area contributed by atoms with Crippen LogP contribution in [0.2, 0.25) is 0 Å². The molecule has 7 heteroatoms. The lowest BCUT2D eigenvalue weighted by molar-refractivity contribution is -0.147. The van der Waals surface area contributed by atoms with Gasteiger partial charge < -0.3 is 10.2 Å². The summed E-state index contributed by atoms with van der Waals surface area (Å²) >= 11 is 0. The second kappa shape index (κ2) is 6.78. The van der Waals surface area contributed by atoms with E-state index in [4.69, 9.17) is 10.2 Å². The van der Waals surface area contributed by atoms with Gasteiger partial charge in [0.05, 0.1) is 0 Å². The highest BCUT2D eigenvalue weighted by Crippen LogP contribution is 2.05. The van der Waals surface area contributed by atoms with E-state index < -0.39 is 24.5 Å². The van der Waals surface area contributed by atoms with Gasteiger partial charge in [-0.3, -0.25) is 19.4 Å². The molecule has 16 heavy (non-hydrogen) atoms. The van der Waals surface area contributed by atoms with Gasteiger partial charge in [-0.2, -0.15) is 0 Å². The minimum atomic E-state index is -1.21. The van der Waals surface area contributed by atoms with Crippen LogP contribution >= 0.6 is 0 Å². The van der Waals surface area contributed by atoms with E-state index in [-0.39, 0.29) is 12.3 Å². The van der Waals surface area contributed by atoms with Crippen molar-refractivity contribution in [3.8, 4) is 0 Å². The van der Waals surface area contributed by atoms with Crippen molar-refractivity contribution >= 4 is 18.3 Å². The van der Waals surface area contributed by atoms with Crippen molar-refractivity contribution in [2.75, 3.05) is 6.54 Å². The molecule has 92 valence electrons. The molecule has 0 fully saturated rings. The molecular formula is C9H16N2O5. The maximum absolute atomic E-state index is 10.8. The van der Waals surface area contributed by atoms with Crippen molar-refractivity contribution in [1.82, 2.24) is 10.4 Å². The number of carboxylic acid groups (broad SMARTS) is 2. The summed E-state index contributed by atoms with van der Waals surface area (Å²) < 4.78 is 0. The molecule has 0 aliphatic rings. The molecule has 1 amide bonds. The predicted molar refractivity (Wildman–Crippen MR) is 54.4 cm³/mol. The first-order chi connectivity index (χ1) is 7.36. The Bertz CT molecular complexity index is 267. The molecular weight excluding hydrogens is 216 g/mol. The van der Waals surface area contributed by atoms with E-state index in [0.29, 0.717) is 11.4 Å². The minimum Gasteiger partial charge on any atom is -0.480 e. The maximum Gasteiger partial charge on any atom is 0.324 e. The average molecular weight is 232 g/mol. The first-order valence-electron chi connectivity index (χ1n) is 4.79. The number of nitrogens with zero attached hydrogens (tertiary/aromatic N) is 1. The van der Waals surface area contributed by atoms with E-state index in [1.54, 1.807) is 0 Å². The molecule has 0 aliphatic carbocycles. The Labute approximate surface area is 93.0 Å². The van der Waals surface area contributed by atoms with Gasteiger partial charge in [0.1, 0.15) is 12.6 Å². The third kappa shape index (κ3) is 5.97. The van der Waals surface area contributed by atoms with Crippen molar-refractivity contribution < 1.29 is 24.6 Å². The molecule has 0 aromatic carbocycles. The van der Waals surface area contributed by atoms with Crippen LogP contribution in [0.3, 0.4) is 0 Å². The molecule has 3 N–H and O–H groups in total. The van der Waals surface area contributed by atoms with Gasteiger partial charge in [0.25, 0.3) is 0 Å². The summed E-state index contributed by atoms with van der Waals surface area (Å²) in [6, 6.07) is -0.968. The minimum absolute atomic E-state index is 0.118. The van der Waals surface area contributed by atoms with E-state index in [9.17, 15) is 14.4 Å². The topological polar surface area (TPSA) is 107 Å². The monoisotopic (exact) mass is 232 g/mol. The normalized spacial score (nSPS) is 12.2. The maximum atomic E-state index is 10.8. The Balaban J connectivity index is 4.40. The lowest BCUT2D eigenvalue weighted by atomic mass is 10.0. The van der Waals surface area contributed by atoms with Crippen LogP contribution in [0.4, 0.5) is 0 Å². The number of rotatable bonds is 8. The molecule has 0 bridgehead atoms. The molecule has 1 atom stereocenters. The molecule has 0 unspecified atom stereocenters. The van der Waals surface area contributed by atoms with E-state index in [0.717, 1.165) is 0 Å². The number of hydrogen-bond donors (Lipinski definition) is 3. The summed E-state index contributed by atoms with van der Waals surface area (Å²) in [5, 5.41) is 18.0. The first kappa shape index (κ1) is 14.4. The Kier molecular flexibility index (Phi) is 6.09. The first-order valence-corrected chi connectivity index (χ1v) is 4.79. The van der Waals surface area contributed by atoms with Crippen LogP contribution in [-0.2, 0) is 14.4 Å². The number of carbonyl (C=O) groups excluding carboxylic acids is 1. The zero-order valence-corrected chi connectivity index (χ0v) is 9.21. The SMILES string of the molecule is CC(C)C[C@H](NN(C=O)CC(=O)O)C(=O)O. The number of hydrogen-bond acceptors (Lipinski definition) is 4. The number of hydrazine groups is 1. The van der Waals surface area contributed by atoms with Gasteiger partial charge in [0, 0.05) is 0 Å². The fourth-order valence-corrected chi connectivity index (χ4v) is 1.14. The highest BCUT2D eigenvalue weighted by molar-refractivity contribution is 5.74. The number of nitrogens with one attached hydrogen (secondary N) is 1. The third-order valence-electron chi connectivity index (χ3n) is 1.76. The second-order valence-corrected chi connectivity index (χ2v) is 3.78. The highest BCUT2D eigenvalue weighted by Gasteiger charge is 2.21. The van der Waals surface area contributed by atoms with Crippen LogP contribution in [-0.4, -0.2) is 46.2 Å². The molecule has 0 aromatic heterocycles. The van der Waals surface area contributed by atoms with Crippen molar-refractivity contribution in [3.05, 3.63) is 0 Å². The average Bonchev–Trinajstić information content (AvgIpc) is 2.13. The fourth-order valence-electron chi connectivity index (χ4n) is 1.14. The van der Waals surface area contributed by atoms with E-state index in [1.807, 2.05) is 13.8 Å².